The third kappa shape index (κ3) is 6.43. The Morgan fingerprint density at radius 1 is 1.02 bits per heavy atom. The molecule has 40 heavy (non-hydrogen) atoms. The predicted molar refractivity (Wildman–Crippen MR) is 149 cm³/mol. The van der Waals surface area contributed by atoms with Gasteiger partial charge in [0, 0.05) is 28.5 Å². The van der Waals surface area contributed by atoms with Gasteiger partial charge in [0.25, 0.3) is 5.91 Å². The van der Waals surface area contributed by atoms with Gasteiger partial charge in [0.2, 0.25) is 5.91 Å². The van der Waals surface area contributed by atoms with Gasteiger partial charge in [-0.3, -0.25) is 14.8 Å². The van der Waals surface area contributed by atoms with E-state index < -0.39 is 33.0 Å². The molecule has 1 saturated heterocycles. The molecule has 3 aromatic rings. The molecule has 1 aromatic heterocycles. The van der Waals surface area contributed by atoms with Gasteiger partial charge in [-0.2, -0.15) is 0 Å². The van der Waals surface area contributed by atoms with Crippen LogP contribution in [0.1, 0.15) is 17.7 Å². The predicted octanol–water partition coefficient (Wildman–Crippen LogP) is 3.41. The van der Waals surface area contributed by atoms with E-state index in [1.165, 1.54) is 23.3 Å². The lowest BCUT2D eigenvalue weighted by molar-refractivity contribution is -0.130. The van der Waals surface area contributed by atoms with Crippen LogP contribution in [0.2, 0.25) is 0 Å². The summed E-state index contributed by atoms with van der Waals surface area (Å²) in [7, 11) is -2.74. The van der Waals surface area contributed by atoms with E-state index in [0.29, 0.717) is 21.2 Å². The average Bonchev–Trinajstić information content (AvgIpc) is 3.41. The highest BCUT2D eigenvalue weighted by molar-refractivity contribution is 7.92. The number of hydrogen-bond donors (Lipinski definition) is 3. The van der Waals surface area contributed by atoms with E-state index in [0.717, 1.165) is 5.56 Å². The summed E-state index contributed by atoms with van der Waals surface area (Å²) in [5.74, 6) is -1.00. The molecule has 3 N–H and O–H groups in total. The fraction of sp³-hybridized carbons (Fsp3) is 0.296. The zero-order valence-electron chi connectivity index (χ0n) is 21.7. The summed E-state index contributed by atoms with van der Waals surface area (Å²) in [6, 6.07) is 19.4. The molecule has 0 aliphatic carbocycles. The normalized spacial score (nSPS) is 18.3. The zero-order valence-corrected chi connectivity index (χ0v) is 23.3. The topological polar surface area (TPSA) is 151 Å². The van der Waals surface area contributed by atoms with E-state index in [4.69, 9.17) is 9.47 Å². The molecule has 1 atom stereocenters. The molecule has 0 unspecified atom stereocenters. The average molecular weight is 588 g/mol. The van der Waals surface area contributed by atoms with Gasteiger partial charge in [-0.25, -0.2) is 18.7 Å². The SMILES string of the molecule is COC(=O)N1CC[C@](CC(=O)NO)(c2ccc(-c3cccc(NC(=O)COc4ccccc4)c3)s2)S(=O)(=O)CC1. The minimum atomic E-state index is -3.96. The summed E-state index contributed by atoms with van der Waals surface area (Å²) in [5.41, 5.74) is 2.79. The van der Waals surface area contributed by atoms with Crippen LogP contribution in [0, 0.1) is 0 Å². The van der Waals surface area contributed by atoms with Crippen molar-refractivity contribution >= 4 is 44.8 Å². The van der Waals surface area contributed by atoms with Crippen molar-refractivity contribution in [2.75, 3.05) is 37.9 Å². The van der Waals surface area contributed by atoms with Gasteiger partial charge >= 0.3 is 6.09 Å². The molecule has 1 aliphatic heterocycles. The van der Waals surface area contributed by atoms with Crippen LogP contribution >= 0.6 is 11.3 Å². The van der Waals surface area contributed by atoms with E-state index in [1.807, 2.05) is 24.3 Å². The van der Waals surface area contributed by atoms with Crippen molar-refractivity contribution in [1.29, 1.82) is 0 Å². The summed E-state index contributed by atoms with van der Waals surface area (Å²) in [4.78, 5) is 39.3. The standard InChI is InChI=1S/C27H29N3O8S2/c1-37-26(33)30-13-12-27(17-24(31)29-34,40(35,36)15-14-30)23-11-10-22(39-23)19-6-5-7-20(16-19)28-25(32)18-38-21-8-3-2-4-9-21/h2-11,16,34H,12-15,17-18H2,1H3,(H,28,32)(H,29,31)/t27-/m0/s1. The number of anilines is 1. The van der Waals surface area contributed by atoms with E-state index in [9.17, 15) is 28.0 Å². The number of thiophene rings is 1. The van der Waals surface area contributed by atoms with Gasteiger partial charge in [0.15, 0.2) is 16.4 Å². The number of amides is 3. The first-order valence-electron chi connectivity index (χ1n) is 12.3. The molecule has 11 nitrogen and oxygen atoms in total. The van der Waals surface area contributed by atoms with Crippen LogP contribution in [0.3, 0.4) is 0 Å². The molecule has 212 valence electrons. The first-order valence-corrected chi connectivity index (χ1v) is 14.8. The Labute approximate surface area is 235 Å². The lowest BCUT2D eigenvalue weighted by Crippen LogP contribution is -2.41. The summed E-state index contributed by atoms with van der Waals surface area (Å²) >= 11 is 1.19. The third-order valence-electron chi connectivity index (χ3n) is 6.61. The molecule has 0 bridgehead atoms. The Morgan fingerprint density at radius 2 is 1.80 bits per heavy atom. The van der Waals surface area contributed by atoms with Crippen molar-refractivity contribution in [2.24, 2.45) is 0 Å². The second kappa shape index (κ2) is 12.5. The van der Waals surface area contributed by atoms with E-state index in [1.54, 1.807) is 47.9 Å². The number of sulfone groups is 1. The fourth-order valence-corrected chi connectivity index (χ4v) is 8.13. The molecule has 0 saturated carbocycles. The number of hydrogen-bond acceptors (Lipinski definition) is 9. The van der Waals surface area contributed by atoms with E-state index >= 15 is 0 Å². The lowest BCUT2D eigenvalue weighted by atomic mass is 9.97. The summed E-state index contributed by atoms with van der Waals surface area (Å²) in [5, 5.41) is 12.0. The van der Waals surface area contributed by atoms with Crippen molar-refractivity contribution in [3.63, 3.8) is 0 Å². The van der Waals surface area contributed by atoms with Gasteiger partial charge in [-0.1, -0.05) is 30.3 Å². The minimum Gasteiger partial charge on any atom is -0.484 e. The Bertz CT molecular complexity index is 1480. The summed E-state index contributed by atoms with van der Waals surface area (Å²) in [6.07, 6.45) is -1.23. The molecule has 3 amide bonds. The molecular formula is C27H29N3O8S2. The fourth-order valence-electron chi connectivity index (χ4n) is 4.53. The number of benzene rings is 2. The quantitative estimate of drug-likeness (QED) is 0.268. The maximum Gasteiger partial charge on any atom is 0.409 e. The molecule has 1 fully saturated rings. The van der Waals surface area contributed by atoms with Gasteiger partial charge < -0.3 is 19.7 Å². The summed E-state index contributed by atoms with van der Waals surface area (Å²) in [6.45, 7) is -0.205. The molecule has 1 aliphatic rings. The number of rotatable bonds is 8. The summed E-state index contributed by atoms with van der Waals surface area (Å²) < 4.78 is 35.8. The molecule has 0 spiro atoms. The second-order valence-electron chi connectivity index (χ2n) is 9.13. The van der Waals surface area contributed by atoms with Crippen LogP contribution in [-0.4, -0.2) is 69.0 Å². The highest BCUT2D eigenvalue weighted by atomic mass is 32.2. The first-order chi connectivity index (χ1) is 19.2. The second-order valence-corrected chi connectivity index (χ2v) is 12.6. The van der Waals surface area contributed by atoms with Crippen molar-refractivity contribution in [1.82, 2.24) is 10.4 Å². The number of methoxy groups -OCH3 is 1. The largest absolute Gasteiger partial charge is 0.484 e. The lowest BCUT2D eigenvalue weighted by Gasteiger charge is -2.30. The van der Waals surface area contributed by atoms with Gasteiger partial charge in [-0.05, 0) is 48.4 Å². The first kappa shape index (κ1) is 29.1. The number of carbonyl (C=O) groups is 3. The number of hydroxylamine groups is 1. The van der Waals surface area contributed by atoms with Gasteiger partial charge in [0.05, 0.1) is 19.3 Å². The minimum absolute atomic E-state index is 0.0460. The molecule has 2 aromatic carbocycles. The number of para-hydroxylation sites is 1. The smallest absolute Gasteiger partial charge is 0.409 e. The van der Waals surface area contributed by atoms with E-state index in [2.05, 4.69) is 5.32 Å². The zero-order chi connectivity index (χ0) is 28.8. The number of nitrogens with one attached hydrogen (secondary N) is 2. The molecule has 4 rings (SSSR count). The van der Waals surface area contributed by atoms with Crippen molar-refractivity contribution < 1.29 is 37.5 Å². The number of ether oxygens (including phenoxy) is 2. The van der Waals surface area contributed by atoms with Gasteiger partial charge in [0.1, 0.15) is 10.5 Å². The highest BCUT2D eigenvalue weighted by Crippen LogP contribution is 2.45. The Kier molecular flexibility index (Phi) is 9.07. The van der Waals surface area contributed by atoms with Crippen LogP contribution in [0.25, 0.3) is 10.4 Å². The van der Waals surface area contributed by atoms with E-state index in [-0.39, 0.29) is 37.8 Å². The maximum absolute atomic E-state index is 13.6. The molecule has 2 heterocycles. The Hall–Kier alpha value is -3.94. The number of carbonyl (C=O) groups excluding carboxylic acids is 3. The van der Waals surface area contributed by atoms with Crippen LogP contribution in [0.4, 0.5) is 10.5 Å². The van der Waals surface area contributed by atoms with Crippen molar-refractivity contribution in [3.05, 3.63) is 71.6 Å². The molecular weight excluding hydrogens is 558 g/mol. The van der Waals surface area contributed by atoms with Crippen LogP contribution in [0.15, 0.2) is 66.7 Å². The Balaban J connectivity index is 1.58. The van der Waals surface area contributed by atoms with Crippen LogP contribution < -0.4 is 15.5 Å². The number of nitrogens with zero attached hydrogens (tertiary/aromatic N) is 1. The monoisotopic (exact) mass is 587 g/mol. The highest BCUT2D eigenvalue weighted by Gasteiger charge is 2.50. The molecule has 13 heteroatoms. The van der Waals surface area contributed by atoms with Crippen molar-refractivity contribution in [2.45, 2.75) is 17.6 Å². The van der Waals surface area contributed by atoms with Crippen LogP contribution in [-0.2, 0) is 28.9 Å². The maximum atomic E-state index is 13.6. The Morgan fingerprint density at radius 3 is 2.52 bits per heavy atom. The van der Waals surface area contributed by atoms with Crippen molar-refractivity contribution in [3.8, 4) is 16.2 Å². The van der Waals surface area contributed by atoms with Crippen LogP contribution in [0.5, 0.6) is 5.75 Å². The third-order valence-corrected chi connectivity index (χ3v) is 10.6. The van der Waals surface area contributed by atoms with Gasteiger partial charge in [-0.15, -0.1) is 11.3 Å². The molecule has 0 radical (unpaired) electrons.